The number of hydrogen-bond acceptors (Lipinski definition) is 2. The van der Waals surface area contributed by atoms with E-state index in [0.717, 1.165) is 12.1 Å². The fourth-order valence-corrected chi connectivity index (χ4v) is 2.04. The highest BCUT2D eigenvalue weighted by Gasteiger charge is 2.30. The molecule has 0 heterocycles. The molecule has 2 unspecified atom stereocenters. The first-order chi connectivity index (χ1) is 9.61. The van der Waals surface area contributed by atoms with Crippen molar-refractivity contribution in [1.29, 1.82) is 0 Å². The molecule has 0 aliphatic rings. The van der Waals surface area contributed by atoms with Crippen molar-refractivity contribution in [2.75, 3.05) is 0 Å². The summed E-state index contributed by atoms with van der Waals surface area (Å²) in [6, 6.07) is 4.27. The second kappa shape index (κ2) is 6.93. The Morgan fingerprint density at radius 3 is 2.10 bits per heavy atom. The Kier molecular flexibility index (Phi) is 5.78. The lowest BCUT2D eigenvalue weighted by molar-refractivity contribution is -0.137. The molecule has 0 aromatic heterocycles. The van der Waals surface area contributed by atoms with E-state index in [9.17, 15) is 18.0 Å². The van der Waals surface area contributed by atoms with E-state index in [4.69, 9.17) is 5.73 Å². The quantitative estimate of drug-likeness (QED) is 0.877. The molecule has 3 nitrogen and oxygen atoms in total. The second-order valence-corrected chi connectivity index (χ2v) is 5.59. The van der Waals surface area contributed by atoms with Gasteiger partial charge in [-0.15, -0.1) is 0 Å². The maximum Gasteiger partial charge on any atom is 0.416 e. The van der Waals surface area contributed by atoms with Gasteiger partial charge in [-0.3, -0.25) is 4.79 Å². The third kappa shape index (κ3) is 5.38. The molecule has 0 saturated heterocycles. The summed E-state index contributed by atoms with van der Waals surface area (Å²) in [5.41, 5.74) is 5.52. The minimum absolute atomic E-state index is 0.0544. The molecule has 1 rings (SSSR count). The summed E-state index contributed by atoms with van der Waals surface area (Å²) in [6.07, 6.45) is -4.17. The lowest BCUT2D eigenvalue weighted by Gasteiger charge is -2.24. The average Bonchev–Trinajstić information content (AvgIpc) is 2.34. The minimum atomic E-state index is -4.36. The summed E-state index contributed by atoms with van der Waals surface area (Å²) in [7, 11) is 0. The topological polar surface area (TPSA) is 55.1 Å². The van der Waals surface area contributed by atoms with Gasteiger partial charge >= 0.3 is 6.18 Å². The number of halogens is 3. The molecule has 0 aliphatic heterocycles. The molecule has 1 amide bonds. The van der Waals surface area contributed by atoms with Crippen LogP contribution < -0.4 is 11.1 Å². The molecule has 118 valence electrons. The van der Waals surface area contributed by atoms with Gasteiger partial charge in [0.25, 0.3) is 0 Å². The van der Waals surface area contributed by atoms with Gasteiger partial charge in [0.2, 0.25) is 5.91 Å². The first-order valence-corrected chi connectivity index (χ1v) is 6.83. The van der Waals surface area contributed by atoms with Crippen LogP contribution in [0.2, 0.25) is 0 Å². The summed E-state index contributed by atoms with van der Waals surface area (Å²) < 4.78 is 37.6. The van der Waals surface area contributed by atoms with Crippen LogP contribution in [0.15, 0.2) is 24.3 Å². The summed E-state index contributed by atoms with van der Waals surface area (Å²) in [6.45, 7) is 5.52. The number of amides is 1. The van der Waals surface area contributed by atoms with Crippen molar-refractivity contribution in [3.05, 3.63) is 35.4 Å². The smallest absolute Gasteiger partial charge is 0.349 e. The van der Waals surface area contributed by atoms with Gasteiger partial charge in [-0.1, -0.05) is 26.0 Å². The normalized spacial score (nSPS) is 14.9. The van der Waals surface area contributed by atoms with Crippen molar-refractivity contribution in [2.24, 2.45) is 11.7 Å². The van der Waals surface area contributed by atoms with Crippen molar-refractivity contribution in [1.82, 2.24) is 5.32 Å². The summed E-state index contributed by atoms with van der Waals surface area (Å²) in [5.74, 6) is -0.151. The fraction of sp³-hybridized carbons (Fsp3) is 0.533. The number of benzene rings is 1. The van der Waals surface area contributed by atoms with Crippen LogP contribution in [-0.4, -0.2) is 11.9 Å². The Morgan fingerprint density at radius 1 is 1.19 bits per heavy atom. The van der Waals surface area contributed by atoms with Crippen molar-refractivity contribution in [3.8, 4) is 0 Å². The van der Waals surface area contributed by atoms with E-state index in [2.05, 4.69) is 5.32 Å². The van der Waals surface area contributed by atoms with Gasteiger partial charge in [0, 0.05) is 12.5 Å². The molecule has 0 bridgehead atoms. The second-order valence-electron chi connectivity index (χ2n) is 5.59. The van der Waals surface area contributed by atoms with Crippen LogP contribution in [0.25, 0.3) is 0 Å². The molecule has 1 aromatic rings. The van der Waals surface area contributed by atoms with Gasteiger partial charge < -0.3 is 11.1 Å². The number of alkyl halides is 3. The SMILES string of the molecule is CC(N)CC(=O)NC(c1ccc(C(F)(F)F)cc1)C(C)C. The maximum absolute atomic E-state index is 12.5. The van der Waals surface area contributed by atoms with Crippen molar-refractivity contribution in [3.63, 3.8) is 0 Å². The van der Waals surface area contributed by atoms with Gasteiger partial charge in [-0.25, -0.2) is 0 Å². The molecular weight excluding hydrogens is 281 g/mol. The Hall–Kier alpha value is -1.56. The van der Waals surface area contributed by atoms with Crippen LogP contribution in [0.5, 0.6) is 0 Å². The van der Waals surface area contributed by atoms with E-state index in [1.54, 1.807) is 6.92 Å². The number of carbonyl (C=O) groups excluding carboxylic acids is 1. The largest absolute Gasteiger partial charge is 0.416 e. The summed E-state index contributed by atoms with van der Waals surface area (Å²) in [4.78, 5) is 11.8. The molecule has 0 aliphatic carbocycles. The zero-order valence-electron chi connectivity index (χ0n) is 12.4. The number of carbonyl (C=O) groups is 1. The number of hydrogen-bond donors (Lipinski definition) is 2. The molecule has 0 spiro atoms. The van der Waals surface area contributed by atoms with Crippen LogP contribution in [0.3, 0.4) is 0 Å². The van der Waals surface area contributed by atoms with Crippen molar-refractivity contribution >= 4 is 5.91 Å². The van der Waals surface area contributed by atoms with Gasteiger partial charge in [0.1, 0.15) is 0 Å². The predicted molar refractivity (Wildman–Crippen MR) is 75.4 cm³/mol. The molecule has 1 aromatic carbocycles. The lowest BCUT2D eigenvalue weighted by Crippen LogP contribution is -2.35. The van der Waals surface area contributed by atoms with E-state index < -0.39 is 11.7 Å². The average molecular weight is 302 g/mol. The highest BCUT2D eigenvalue weighted by atomic mass is 19.4. The Morgan fingerprint density at radius 2 is 1.71 bits per heavy atom. The third-order valence-corrected chi connectivity index (χ3v) is 3.09. The summed E-state index contributed by atoms with van der Waals surface area (Å²) in [5, 5.41) is 2.82. The molecule has 21 heavy (non-hydrogen) atoms. The monoisotopic (exact) mass is 302 g/mol. The van der Waals surface area contributed by atoms with Crippen LogP contribution >= 0.6 is 0 Å². The van der Waals surface area contributed by atoms with E-state index in [0.29, 0.717) is 5.56 Å². The Labute approximate surface area is 122 Å². The molecule has 2 atom stereocenters. The zero-order chi connectivity index (χ0) is 16.2. The Balaban J connectivity index is 2.89. The molecule has 0 saturated carbocycles. The van der Waals surface area contributed by atoms with E-state index >= 15 is 0 Å². The standard InChI is InChI=1S/C15H21F3N2O/c1-9(2)14(20-13(21)8-10(3)19)11-4-6-12(7-5-11)15(16,17)18/h4-7,9-10,14H,8,19H2,1-3H3,(H,20,21). The number of nitrogens with one attached hydrogen (secondary N) is 1. The number of rotatable bonds is 5. The highest BCUT2D eigenvalue weighted by Crippen LogP contribution is 2.31. The highest BCUT2D eigenvalue weighted by molar-refractivity contribution is 5.77. The van der Waals surface area contributed by atoms with Crippen LogP contribution in [0.4, 0.5) is 13.2 Å². The zero-order valence-corrected chi connectivity index (χ0v) is 12.4. The van der Waals surface area contributed by atoms with E-state index in [-0.39, 0.29) is 30.3 Å². The van der Waals surface area contributed by atoms with Crippen molar-refractivity contribution < 1.29 is 18.0 Å². The molecule has 0 radical (unpaired) electrons. The van der Waals surface area contributed by atoms with E-state index in [1.807, 2.05) is 13.8 Å². The first kappa shape index (κ1) is 17.5. The summed E-state index contributed by atoms with van der Waals surface area (Å²) >= 11 is 0. The van der Waals surface area contributed by atoms with Crippen LogP contribution in [0, 0.1) is 5.92 Å². The van der Waals surface area contributed by atoms with E-state index in [1.165, 1.54) is 12.1 Å². The van der Waals surface area contributed by atoms with Gasteiger partial charge in [-0.05, 0) is 30.5 Å². The molecule has 0 fully saturated rings. The minimum Gasteiger partial charge on any atom is -0.349 e. The number of nitrogens with two attached hydrogens (primary N) is 1. The molecule has 6 heteroatoms. The fourth-order valence-electron chi connectivity index (χ4n) is 2.04. The molecular formula is C15H21F3N2O. The van der Waals surface area contributed by atoms with Crippen LogP contribution in [-0.2, 0) is 11.0 Å². The third-order valence-electron chi connectivity index (χ3n) is 3.09. The molecule has 3 N–H and O–H groups in total. The predicted octanol–water partition coefficient (Wildman–Crippen LogP) is 3.26. The lowest BCUT2D eigenvalue weighted by atomic mass is 9.95. The van der Waals surface area contributed by atoms with Gasteiger partial charge in [0.05, 0.1) is 11.6 Å². The van der Waals surface area contributed by atoms with Gasteiger partial charge in [-0.2, -0.15) is 13.2 Å². The first-order valence-electron chi connectivity index (χ1n) is 6.83. The Bertz CT molecular complexity index is 467. The maximum atomic E-state index is 12.5. The van der Waals surface area contributed by atoms with Crippen LogP contribution in [0.1, 0.15) is 44.4 Å². The van der Waals surface area contributed by atoms with Gasteiger partial charge in [0.15, 0.2) is 0 Å². The van der Waals surface area contributed by atoms with Crippen molar-refractivity contribution in [2.45, 2.75) is 45.5 Å².